The number of hydrogen-bond acceptors (Lipinski definition) is 4. The number of aromatic amines is 1. The molecule has 5 rings (SSSR count). The Morgan fingerprint density at radius 1 is 1.14 bits per heavy atom. The van der Waals surface area contributed by atoms with Crippen molar-refractivity contribution >= 4 is 29.0 Å². The Morgan fingerprint density at radius 2 is 1.96 bits per heavy atom. The van der Waals surface area contributed by atoms with Gasteiger partial charge < -0.3 is 5.32 Å². The number of thioether (sulfide) groups is 1. The van der Waals surface area contributed by atoms with E-state index in [9.17, 15) is 4.79 Å². The molecule has 1 aliphatic carbocycles. The van der Waals surface area contributed by atoms with Gasteiger partial charge in [0.1, 0.15) is 5.69 Å². The number of aromatic nitrogens is 2. The average molecular weight is 410 g/mol. The number of carbonyl (C=O) groups excluding carboxylic acids is 1. The molecular formula is C22H23N3OS2. The van der Waals surface area contributed by atoms with Crippen molar-refractivity contribution < 1.29 is 4.79 Å². The van der Waals surface area contributed by atoms with E-state index < -0.39 is 0 Å². The summed E-state index contributed by atoms with van der Waals surface area (Å²) < 4.78 is 1.18. The van der Waals surface area contributed by atoms with Crippen LogP contribution in [0.3, 0.4) is 0 Å². The van der Waals surface area contributed by atoms with Crippen LogP contribution in [0.5, 0.6) is 0 Å². The van der Waals surface area contributed by atoms with E-state index in [1.165, 1.54) is 41.0 Å². The monoisotopic (exact) mass is 409 g/mol. The van der Waals surface area contributed by atoms with Gasteiger partial charge in [-0.1, -0.05) is 43.2 Å². The van der Waals surface area contributed by atoms with Gasteiger partial charge in [0.25, 0.3) is 5.91 Å². The lowest BCUT2D eigenvalue weighted by Gasteiger charge is -2.25. The Balaban J connectivity index is 1.49. The van der Waals surface area contributed by atoms with Crippen molar-refractivity contribution in [2.24, 2.45) is 0 Å². The molecule has 3 heterocycles. The highest BCUT2D eigenvalue weighted by molar-refractivity contribution is 8.01. The quantitative estimate of drug-likeness (QED) is 0.618. The van der Waals surface area contributed by atoms with E-state index >= 15 is 0 Å². The lowest BCUT2D eigenvalue weighted by molar-refractivity contribution is 0.0923. The van der Waals surface area contributed by atoms with Crippen LogP contribution < -0.4 is 5.32 Å². The van der Waals surface area contributed by atoms with Crippen LogP contribution in [-0.4, -0.2) is 27.4 Å². The van der Waals surface area contributed by atoms with Crippen LogP contribution in [0.15, 0.2) is 46.8 Å². The van der Waals surface area contributed by atoms with Gasteiger partial charge in [0.2, 0.25) is 0 Å². The number of thiophene rings is 1. The fourth-order valence-corrected chi connectivity index (χ4v) is 7.36. The number of amides is 1. The minimum atomic E-state index is 0.0840. The third kappa shape index (κ3) is 3.51. The lowest BCUT2D eigenvalue weighted by Crippen LogP contribution is -2.42. The van der Waals surface area contributed by atoms with Crippen molar-refractivity contribution in [3.8, 4) is 10.6 Å². The summed E-state index contributed by atoms with van der Waals surface area (Å²) in [5.74, 6) is 0.0840. The first-order valence-corrected chi connectivity index (χ1v) is 11.6. The molecule has 0 bridgehead atoms. The van der Waals surface area contributed by atoms with Crippen molar-refractivity contribution in [2.75, 3.05) is 0 Å². The first kappa shape index (κ1) is 18.0. The number of hydrogen-bond donors (Lipinski definition) is 2. The molecule has 2 N–H and O–H groups in total. The highest BCUT2D eigenvalue weighted by atomic mass is 32.2. The zero-order chi connectivity index (χ0) is 18.9. The molecule has 1 amide bonds. The number of nitrogens with zero attached hydrogens (tertiary/aromatic N) is 1. The Bertz CT molecular complexity index is 959. The maximum atomic E-state index is 13.1. The Labute approximate surface area is 173 Å². The molecule has 2 aromatic heterocycles. The molecule has 6 heteroatoms. The molecule has 3 aromatic rings. The van der Waals surface area contributed by atoms with Gasteiger partial charge in [0, 0.05) is 17.5 Å². The smallest absolute Gasteiger partial charge is 0.253 e. The predicted molar refractivity (Wildman–Crippen MR) is 115 cm³/mol. The van der Waals surface area contributed by atoms with Crippen molar-refractivity contribution in [1.82, 2.24) is 15.5 Å². The molecule has 2 aliphatic rings. The summed E-state index contributed by atoms with van der Waals surface area (Å²) in [4.78, 5) is 14.3. The van der Waals surface area contributed by atoms with E-state index in [0.29, 0.717) is 5.25 Å². The van der Waals surface area contributed by atoms with Crippen LogP contribution in [0.2, 0.25) is 0 Å². The van der Waals surface area contributed by atoms with Crippen molar-refractivity contribution in [2.45, 2.75) is 54.0 Å². The molecular weight excluding hydrogens is 386 g/mol. The summed E-state index contributed by atoms with van der Waals surface area (Å²) in [7, 11) is 0. The Kier molecular flexibility index (Phi) is 4.99. The maximum absolute atomic E-state index is 13.1. The zero-order valence-corrected chi connectivity index (χ0v) is 17.2. The number of benzene rings is 1. The molecule has 1 atom stereocenters. The van der Waals surface area contributed by atoms with Crippen LogP contribution >= 0.6 is 23.1 Å². The maximum Gasteiger partial charge on any atom is 0.253 e. The van der Waals surface area contributed by atoms with Gasteiger partial charge in [0.05, 0.1) is 14.6 Å². The standard InChI is InChI=1S/C22H23N3OS2/c26-21-19-17(13-15(24-21)12-14-6-2-1-3-7-14)20(18-10-11-23-25-18)28-22(19)27-16-8-4-5-9-16/h1-3,6-7,10-11,15-16H,4-5,8-9,12-13H2,(H,23,25)(H,24,26). The van der Waals surface area contributed by atoms with Crippen LogP contribution in [-0.2, 0) is 12.8 Å². The first-order valence-electron chi connectivity index (χ1n) is 9.95. The third-order valence-corrected chi connectivity index (χ3v) is 8.43. The second-order valence-corrected chi connectivity index (χ2v) is 10.2. The van der Waals surface area contributed by atoms with Gasteiger partial charge in [0.15, 0.2) is 0 Å². The Morgan fingerprint density at radius 3 is 2.71 bits per heavy atom. The highest BCUT2D eigenvalue weighted by Crippen LogP contribution is 2.47. The molecule has 1 fully saturated rings. The van der Waals surface area contributed by atoms with Crippen LogP contribution in [0, 0.1) is 0 Å². The summed E-state index contributed by atoms with van der Waals surface area (Å²) in [5.41, 5.74) is 4.30. The Hall–Kier alpha value is -2.05. The second-order valence-electron chi connectivity index (χ2n) is 7.62. The van der Waals surface area contributed by atoms with Gasteiger partial charge in [-0.05, 0) is 42.9 Å². The average Bonchev–Trinajstić information content (AvgIpc) is 3.44. The molecule has 0 spiro atoms. The topological polar surface area (TPSA) is 57.8 Å². The SMILES string of the molecule is O=C1NC(Cc2ccccc2)Cc2c(-c3cc[nH]n3)sc(SC3CCCC3)c21. The van der Waals surface area contributed by atoms with E-state index in [1.54, 1.807) is 11.3 Å². The molecule has 1 aromatic carbocycles. The molecule has 4 nitrogen and oxygen atoms in total. The van der Waals surface area contributed by atoms with Gasteiger partial charge in [-0.15, -0.1) is 23.1 Å². The summed E-state index contributed by atoms with van der Waals surface area (Å²) in [6.07, 6.45) is 8.70. The summed E-state index contributed by atoms with van der Waals surface area (Å²) in [6.45, 7) is 0. The van der Waals surface area contributed by atoms with E-state index in [2.05, 4.69) is 39.8 Å². The van der Waals surface area contributed by atoms with E-state index in [4.69, 9.17) is 0 Å². The van der Waals surface area contributed by atoms with Gasteiger partial charge >= 0.3 is 0 Å². The molecule has 1 saturated carbocycles. The normalized spacial score (nSPS) is 19.6. The van der Waals surface area contributed by atoms with Crippen molar-refractivity contribution in [1.29, 1.82) is 0 Å². The number of H-pyrrole nitrogens is 1. The summed E-state index contributed by atoms with van der Waals surface area (Å²) in [5, 5.41) is 11.3. The van der Waals surface area contributed by atoms with Gasteiger partial charge in [-0.3, -0.25) is 9.89 Å². The predicted octanol–water partition coefficient (Wildman–Crippen LogP) is 5.07. The molecule has 0 radical (unpaired) electrons. The molecule has 1 aliphatic heterocycles. The minimum absolute atomic E-state index is 0.0840. The van der Waals surface area contributed by atoms with Crippen LogP contribution in [0.1, 0.15) is 47.2 Å². The fraction of sp³-hybridized carbons (Fsp3) is 0.364. The van der Waals surface area contributed by atoms with Gasteiger partial charge in [-0.25, -0.2) is 0 Å². The largest absolute Gasteiger partial charge is 0.349 e. The zero-order valence-electron chi connectivity index (χ0n) is 15.6. The third-order valence-electron chi connectivity index (χ3n) is 5.62. The number of carbonyl (C=O) groups is 1. The minimum Gasteiger partial charge on any atom is -0.349 e. The number of fused-ring (bicyclic) bond motifs is 1. The molecule has 144 valence electrons. The van der Waals surface area contributed by atoms with Crippen LogP contribution in [0.25, 0.3) is 10.6 Å². The van der Waals surface area contributed by atoms with E-state index in [-0.39, 0.29) is 11.9 Å². The van der Waals surface area contributed by atoms with Gasteiger partial charge in [-0.2, -0.15) is 5.10 Å². The van der Waals surface area contributed by atoms with E-state index in [0.717, 1.165) is 29.0 Å². The van der Waals surface area contributed by atoms with Crippen LogP contribution in [0.4, 0.5) is 0 Å². The number of rotatable bonds is 5. The summed E-state index contributed by atoms with van der Waals surface area (Å²) >= 11 is 3.66. The molecule has 0 saturated heterocycles. The number of nitrogens with one attached hydrogen (secondary N) is 2. The fourth-order valence-electron chi connectivity index (χ4n) is 4.28. The van der Waals surface area contributed by atoms with E-state index in [1.807, 2.05) is 30.1 Å². The summed E-state index contributed by atoms with van der Waals surface area (Å²) in [6, 6.07) is 12.5. The molecule has 1 unspecified atom stereocenters. The lowest BCUT2D eigenvalue weighted by atomic mass is 9.92. The first-order chi connectivity index (χ1) is 13.8. The van der Waals surface area contributed by atoms with Crippen molar-refractivity contribution in [3.63, 3.8) is 0 Å². The van der Waals surface area contributed by atoms with Crippen molar-refractivity contribution in [3.05, 3.63) is 59.3 Å². The highest BCUT2D eigenvalue weighted by Gasteiger charge is 2.33. The molecule has 28 heavy (non-hydrogen) atoms. The second kappa shape index (κ2) is 7.76.